The van der Waals surface area contributed by atoms with Crippen LogP contribution >= 0.6 is 11.3 Å². The van der Waals surface area contributed by atoms with Gasteiger partial charge in [-0.3, -0.25) is 14.8 Å². The van der Waals surface area contributed by atoms with E-state index in [1.165, 1.54) is 30.3 Å². The van der Waals surface area contributed by atoms with Crippen LogP contribution in [-0.4, -0.2) is 32.2 Å². The molecule has 1 heterocycles. The second-order valence-electron chi connectivity index (χ2n) is 5.82. The fraction of sp³-hybridized carbons (Fsp3) is 0.111. The Balaban J connectivity index is 1.77. The summed E-state index contributed by atoms with van der Waals surface area (Å²) in [6.45, 7) is -2.97. The van der Waals surface area contributed by atoms with Crippen LogP contribution in [0.2, 0.25) is 0 Å². The van der Waals surface area contributed by atoms with Gasteiger partial charge in [0.15, 0.2) is 5.13 Å². The van der Waals surface area contributed by atoms with E-state index < -0.39 is 22.5 Å². The summed E-state index contributed by atoms with van der Waals surface area (Å²) in [5.74, 6) is -0.523. The standard InChI is InChI=1S/C18H15F2N3O4S2/c1-29(25,26)23-12-6-4-5-11(9-12)16(24)22-18-21-14(10-28-18)13-7-2-3-8-15(13)27-17(19)20/h2-10,17,23H,1H3,(H,21,22,24). The van der Waals surface area contributed by atoms with Gasteiger partial charge in [0, 0.05) is 22.2 Å². The molecule has 0 aliphatic heterocycles. The van der Waals surface area contributed by atoms with Crippen molar-refractivity contribution in [3.8, 4) is 17.0 Å². The van der Waals surface area contributed by atoms with Crippen molar-refractivity contribution >= 4 is 38.1 Å². The zero-order chi connectivity index (χ0) is 21.0. The highest BCUT2D eigenvalue weighted by atomic mass is 32.2. The molecule has 0 radical (unpaired) electrons. The van der Waals surface area contributed by atoms with E-state index in [0.717, 1.165) is 17.6 Å². The fourth-order valence-electron chi connectivity index (χ4n) is 2.44. The van der Waals surface area contributed by atoms with Gasteiger partial charge in [-0.25, -0.2) is 13.4 Å². The third-order valence-corrected chi connectivity index (χ3v) is 4.90. The van der Waals surface area contributed by atoms with E-state index in [9.17, 15) is 22.0 Å². The number of rotatable bonds is 7. The molecule has 3 aromatic rings. The average Bonchev–Trinajstić information content (AvgIpc) is 3.08. The molecular weight excluding hydrogens is 424 g/mol. The molecule has 0 saturated carbocycles. The van der Waals surface area contributed by atoms with E-state index in [-0.39, 0.29) is 22.1 Å². The first-order chi connectivity index (χ1) is 13.7. The Morgan fingerprint density at radius 3 is 2.66 bits per heavy atom. The van der Waals surface area contributed by atoms with Crippen LogP contribution in [-0.2, 0) is 10.0 Å². The lowest BCUT2D eigenvalue weighted by molar-refractivity contribution is -0.0494. The number of carbonyl (C=O) groups excluding carboxylic acids is 1. The zero-order valence-corrected chi connectivity index (χ0v) is 16.6. The minimum atomic E-state index is -3.48. The fourth-order valence-corrected chi connectivity index (χ4v) is 3.70. The topological polar surface area (TPSA) is 97.4 Å². The third kappa shape index (κ3) is 5.72. The molecule has 0 bridgehead atoms. The summed E-state index contributed by atoms with van der Waals surface area (Å²) >= 11 is 1.11. The molecule has 0 atom stereocenters. The maximum absolute atomic E-state index is 12.6. The Labute approximate surface area is 169 Å². The SMILES string of the molecule is CS(=O)(=O)Nc1cccc(C(=O)Nc2nc(-c3ccccc3OC(F)F)cs2)c1. The number of amides is 1. The van der Waals surface area contributed by atoms with Crippen LogP contribution in [0.15, 0.2) is 53.9 Å². The number of nitrogens with zero attached hydrogens (tertiary/aromatic N) is 1. The first kappa shape index (κ1) is 20.7. The lowest BCUT2D eigenvalue weighted by Gasteiger charge is -2.08. The van der Waals surface area contributed by atoms with Gasteiger partial charge in [-0.15, -0.1) is 11.3 Å². The van der Waals surface area contributed by atoms with Crippen LogP contribution in [0.4, 0.5) is 19.6 Å². The molecule has 0 aliphatic rings. The molecule has 2 N–H and O–H groups in total. The molecule has 2 aromatic carbocycles. The number of para-hydroxylation sites is 1. The number of benzene rings is 2. The van der Waals surface area contributed by atoms with Gasteiger partial charge < -0.3 is 4.74 Å². The second kappa shape index (κ2) is 8.53. The highest BCUT2D eigenvalue weighted by molar-refractivity contribution is 7.92. The van der Waals surface area contributed by atoms with Crippen molar-refractivity contribution in [1.29, 1.82) is 0 Å². The normalized spacial score (nSPS) is 11.3. The van der Waals surface area contributed by atoms with Crippen LogP contribution in [0, 0.1) is 0 Å². The molecule has 1 aromatic heterocycles. The van der Waals surface area contributed by atoms with Crippen molar-refractivity contribution in [2.45, 2.75) is 6.61 Å². The van der Waals surface area contributed by atoms with Gasteiger partial charge in [0.1, 0.15) is 5.75 Å². The molecule has 3 rings (SSSR count). The summed E-state index contributed by atoms with van der Waals surface area (Å²) in [7, 11) is -3.48. The highest BCUT2D eigenvalue weighted by Gasteiger charge is 2.15. The number of sulfonamides is 1. The van der Waals surface area contributed by atoms with Crippen molar-refractivity contribution in [2.75, 3.05) is 16.3 Å². The number of hydrogen-bond acceptors (Lipinski definition) is 6. The summed E-state index contributed by atoms with van der Waals surface area (Å²) < 4.78 is 54.6. The van der Waals surface area contributed by atoms with Crippen LogP contribution in [0.1, 0.15) is 10.4 Å². The Hall–Kier alpha value is -3.05. The number of aromatic nitrogens is 1. The van der Waals surface area contributed by atoms with Crippen LogP contribution in [0.25, 0.3) is 11.3 Å². The molecule has 0 fully saturated rings. The average molecular weight is 439 g/mol. The van der Waals surface area contributed by atoms with Crippen molar-refractivity contribution in [3.05, 3.63) is 59.5 Å². The van der Waals surface area contributed by atoms with Gasteiger partial charge >= 0.3 is 6.61 Å². The first-order valence-corrected chi connectivity index (χ1v) is 10.9. The summed E-state index contributed by atoms with van der Waals surface area (Å²) in [4.78, 5) is 16.7. The molecule has 152 valence electrons. The molecule has 0 aliphatic carbocycles. The molecule has 0 spiro atoms. The molecule has 0 unspecified atom stereocenters. The molecule has 7 nitrogen and oxygen atoms in total. The van der Waals surface area contributed by atoms with E-state index in [1.807, 2.05) is 0 Å². The number of carbonyl (C=O) groups is 1. The van der Waals surface area contributed by atoms with E-state index in [1.54, 1.807) is 23.6 Å². The molecule has 29 heavy (non-hydrogen) atoms. The Morgan fingerprint density at radius 1 is 1.17 bits per heavy atom. The van der Waals surface area contributed by atoms with Gasteiger partial charge in [-0.05, 0) is 30.3 Å². The maximum Gasteiger partial charge on any atom is 0.387 e. The quantitative estimate of drug-likeness (QED) is 0.579. The predicted molar refractivity (Wildman–Crippen MR) is 107 cm³/mol. The lowest BCUT2D eigenvalue weighted by atomic mass is 10.1. The minimum absolute atomic E-state index is 0.0229. The number of hydrogen-bond donors (Lipinski definition) is 2. The number of ether oxygens (including phenoxy) is 1. The second-order valence-corrected chi connectivity index (χ2v) is 8.43. The summed E-state index contributed by atoms with van der Waals surface area (Å²) in [5, 5.41) is 4.45. The van der Waals surface area contributed by atoms with Crippen molar-refractivity contribution in [2.24, 2.45) is 0 Å². The van der Waals surface area contributed by atoms with Crippen molar-refractivity contribution in [3.63, 3.8) is 0 Å². The molecular formula is C18H15F2N3O4S2. The first-order valence-electron chi connectivity index (χ1n) is 8.10. The summed E-state index contributed by atoms with van der Waals surface area (Å²) in [6.07, 6.45) is 1.01. The number of alkyl halides is 2. The van der Waals surface area contributed by atoms with Gasteiger partial charge in [-0.1, -0.05) is 18.2 Å². The smallest absolute Gasteiger partial charge is 0.387 e. The lowest BCUT2D eigenvalue weighted by Crippen LogP contribution is -2.13. The number of anilines is 2. The predicted octanol–water partition coefficient (Wildman–Crippen LogP) is 4.04. The molecule has 1 amide bonds. The van der Waals surface area contributed by atoms with E-state index >= 15 is 0 Å². The zero-order valence-electron chi connectivity index (χ0n) is 14.9. The van der Waals surface area contributed by atoms with E-state index in [2.05, 4.69) is 19.8 Å². The van der Waals surface area contributed by atoms with Crippen LogP contribution < -0.4 is 14.8 Å². The maximum atomic E-state index is 12.6. The monoisotopic (exact) mass is 439 g/mol. The summed E-state index contributed by atoms with van der Waals surface area (Å²) in [6, 6.07) is 12.2. The minimum Gasteiger partial charge on any atom is -0.434 e. The third-order valence-electron chi connectivity index (χ3n) is 3.53. The van der Waals surface area contributed by atoms with Crippen molar-refractivity contribution < 1.29 is 26.7 Å². The highest BCUT2D eigenvalue weighted by Crippen LogP contribution is 2.33. The Morgan fingerprint density at radius 2 is 1.93 bits per heavy atom. The molecule has 11 heteroatoms. The van der Waals surface area contributed by atoms with Gasteiger partial charge in [0.25, 0.3) is 5.91 Å². The Kier molecular flexibility index (Phi) is 6.09. The van der Waals surface area contributed by atoms with Gasteiger partial charge in [0.2, 0.25) is 10.0 Å². The number of thiazole rings is 1. The largest absolute Gasteiger partial charge is 0.434 e. The van der Waals surface area contributed by atoms with Crippen molar-refractivity contribution in [1.82, 2.24) is 4.98 Å². The van der Waals surface area contributed by atoms with E-state index in [0.29, 0.717) is 11.3 Å². The van der Waals surface area contributed by atoms with E-state index in [4.69, 9.17) is 0 Å². The number of nitrogens with one attached hydrogen (secondary N) is 2. The Bertz CT molecular complexity index is 1130. The number of halogens is 2. The molecule has 0 saturated heterocycles. The summed E-state index contributed by atoms with van der Waals surface area (Å²) in [5.41, 5.74) is 1.20. The van der Waals surface area contributed by atoms with Crippen LogP contribution in [0.5, 0.6) is 5.75 Å². The van der Waals surface area contributed by atoms with Gasteiger partial charge in [-0.2, -0.15) is 8.78 Å². The van der Waals surface area contributed by atoms with Gasteiger partial charge in [0.05, 0.1) is 11.9 Å². The van der Waals surface area contributed by atoms with Crippen LogP contribution in [0.3, 0.4) is 0 Å².